The maximum absolute atomic E-state index is 11.9. The molecule has 0 amide bonds. The number of hydrogen-bond acceptors (Lipinski definition) is 13. The first-order valence-corrected chi connectivity index (χ1v) is 14.4. The van der Waals surface area contributed by atoms with Gasteiger partial charge < -0.3 is 14.4 Å². The van der Waals surface area contributed by atoms with E-state index in [-0.39, 0.29) is 51.6 Å². The lowest BCUT2D eigenvalue weighted by Gasteiger charge is -2.08. The quantitative estimate of drug-likeness (QED) is 0.0813. The van der Waals surface area contributed by atoms with Crippen molar-refractivity contribution in [2.75, 3.05) is 0 Å². The van der Waals surface area contributed by atoms with Gasteiger partial charge in [0.25, 0.3) is 20.2 Å². The van der Waals surface area contributed by atoms with Crippen LogP contribution in [0.15, 0.2) is 97.0 Å². The molecular formula is C23H16N4O11S3. The number of phenolic OH excluding ortho intramolecular Hbond substituents is 1. The standard InChI is InChI=1S/C23H16N4O11S3/c28-22-15-4-2-1-3-14(15)21(41(35,36)37)11-19(22)27-25-17-7-5-12(9-16(17)23(29)30)24-26-18-10-13(38-39-31)6-8-20(18)40(32,33)34/h1-11,28,31H,(H,29,30)(H,32,33,34)(H,35,36,37). The molecule has 4 aromatic rings. The van der Waals surface area contributed by atoms with Gasteiger partial charge in [-0.1, -0.05) is 24.3 Å². The largest absolute Gasteiger partial charge is 0.505 e. The highest BCUT2D eigenvalue weighted by Gasteiger charge is 2.20. The lowest BCUT2D eigenvalue weighted by molar-refractivity contribution is 0.0697. The molecule has 4 aromatic carbocycles. The highest BCUT2D eigenvalue weighted by Crippen LogP contribution is 2.40. The van der Waals surface area contributed by atoms with Crippen molar-refractivity contribution in [3.8, 4) is 11.5 Å². The summed E-state index contributed by atoms with van der Waals surface area (Å²) in [5, 5.41) is 35.5. The number of phenols is 1. The molecule has 0 heterocycles. The van der Waals surface area contributed by atoms with Crippen LogP contribution in [0.25, 0.3) is 10.8 Å². The molecule has 0 fully saturated rings. The van der Waals surface area contributed by atoms with Gasteiger partial charge in [0.2, 0.25) is 12.3 Å². The number of benzene rings is 4. The fourth-order valence-corrected chi connectivity index (χ4v) is 5.07. The second-order valence-corrected chi connectivity index (χ2v) is 11.0. The van der Waals surface area contributed by atoms with E-state index in [1.807, 2.05) is 0 Å². The van der Waals surface area contributed by atoms with Gasteiger partial charge in [-0.25, -0.2) is 4.79 Å². The number of azo groups is 2. The first-order chi connectivity index (χ1) is 19.3. The molecule has 5 N–H and O–H groups in total. The Balaban J connectivity index is 1.74. The Morgan fingerprint density at radius 1 is 0.732 bits per heavy atom. The Bertz CT molecular complexity index is 1960. The summed E-state index contributed by atoms with van der Waals surface area (Å²) in [7, 11) is -9.47. The minimum Gasteiger partial charge on any atom is -0.505 e. The summed E-state index contributed by atoms with van der Waals surface area (Å²) in [6, 6.07) is 13.2. The number of aromatic carboxylic acids is 1. The molecule has 0 spiro atoms. The van der Waals surface area contributed by atoms with E-state index >= 15 is 0 Å². The SMILES string of the molecule is O=C(O)c1cc(N=Nc2cc(OSO)ccc2S(=O)(=O)O)ccc1N=Nc1cc(S(=O)(=O)O)c2ccccc2c1O. The third-order valence-corrected chi connectivity index (χ3v) is 7.39. The number of aromatic hydroxyl groups is 1. The monoisotopic (exact) mass is 620 g/mol. The van der Waals surface area contributed by atoms with Crippen LogP contribution in [0.3, 0.4) is 0 Å². The summed E-state index contributed by atoms with van der Waals surface area (Å²) < 4.78 is 79.8. The summed E-state index contributed by atoms with van der Waals surface area (Å²) in [6.45, 7) is 0. The fraction of sp³-hybridized carbons (Fsp3) is 0. The van der Waals surface area contributed by atoms with Crippen molar-refractivity contribution in [2.45, 2.75) is 9.79 Å². The molecule has 0 aliphatic rings. The number of hydrogen-bond donors (Lipinski definition) is 5. The Morgan fingerprint density at radius 2 is 1.37 bits per heavy atom. The van der Waals surface area contributed by atoms with E-state index in [0.29, 0.717) is 0 Å². The van der Waals surface area contributed by atoms with Crippen molar-refractivity contribution in [1.82, 2.24) is 0 Å². The molecule has 15 nitrogen and oxygen atoms in total. The number of rotatable bonds is 9. The van der Waals surface area contributed by atoms with Crippen LogP contribution >= 0.6 is 12.3 Å². The van der Waals surface area contributed by atoms with Crippen molar-refractivity contribution in [3.05, 3.63) is 72.3 Å². The second kappa shape index (κ2) is 11.6. The van der Waals surface area contributed by atoms with E-state index in [2.05, 4.69) is 20.5 Å². The van der Waals surface area contributed by atoms with Crippen LogP contribution in [0, 0.1) is 0 Å². The van der Waals surface area contributed by atoms with Gasteiger partial charge in [-0.3, -0.25) is 13.7 Å². The zero-order valence-electron chi connectivity index (χ0n) is 20.1. The minimum absolute atomic E-state index is 0.0225. The molecule has 0 saturated carbocycles. The highest BCUT2D eigenvalue weighted by molar-refractivity contribution is 7.89. The van der Waals surface area contributed by atoms with Crippen LogP contribution in [0.5, 0.6) is 11.5 Å². The van der Waals surface area contributed by atoms with Crippen molar-refractivity contribution >= 4 is 72.1 Å². The Labute approximate surface area is 235 Å². The maximum Gasteiger partial charge on any atom is 0.338 e. The van der Waals surface area contributed by atoms with Gasteiger partial charge in [0, 0.05) is 16.8 Å². The van der Waals surface area contributed by atoms with Gasteiger partial charge in [0.1, 0.15) is 32.6 Å². The average molecular weight is 621 g/mol. The number of fused-ring (bicyclic) bond motifs is 1. The van der Waals surface area contributed by atoms with Crippen LogP contribution in [-0.2, 0) is 20.2 Å². The zero-order chi connectivity index (χ0) is 29.9. The molecule has 18 heteroatoms. The van der Waals surface area contributed by atoms with Crippen LogP contribution in [-0.4, -0.2) is 46.7 Å². The smallest absolute Gasteiger partial charge is 0.338 e. The van der Waals surface area contributed by atoms with Gasteiger partial charge in [0.15, 0.2) is 5.75 Å². The molecule has 4 rings (SSSR count). The van der Waals surface area contributed by atoms with E-state index < -0.39 is 47.3 Å². The number of carbonyl (C=O) groups is 1. The van der Waals surface area contributed by atoms with E-state index in [0.717, 1.165) is 36.4 Å². The molecule has 0 saturated heterocycles. The summed E-state index contributed by atoms with van der Waals surface area (Å²) in [4.78, 5) is 10.7. The van der Waals surface area contributed by atoms with Gasteiger partial charge in [-0.05, 0) is 36.4 Å². The number of carboxylic acids is 1. The summed E-state index contributed by atoms with van der Waals surface area (Å²) in [5.41, 5.74) is -1.55. The predicted octanol–water partition coefficient (Wildman–Crippen LogP) is 6.07. The third-order valence-electron chi connectivity index (χ3n) is 5.33. The van der Waals surface area contributed by atoms with E-state index in [1.165, 1.54) is 30.3 Å². The molecule has 212 valence electrons. The lowest BCUT2D eigenvalue weighted by Crippen LogP contribution is -1.99. The van der Waals surface area contributed by atoms with Gasteiger partial charge in [0.05, 0.1) is 11.3 Å². The van der Waals surface area contributed by atoms with E-state index in [4.69, 9.17) is 8.74 Å². The zero-order valence-corrected chi connectivity index (χ0v) is 22.5. The molecule has 0 atom stereocenters. The van der Waals surface area contributed by atoms with Crippen LogP contribution in [0.4, 0.5) is 22.7 Å². The first-order valence-electron chi connectivity index (χ1n) is 10.8. The van der Waals surface area contributed by atoms with Crippen molar-refractivity contribution < 1.29 is 49.7 Å². The van der Waals surface area contributed by atoms with Crippen molar-refractivity contribution in [1.29, 1.82) is 0 Å². The summed E-state index contributed by atoms with van der Waals surface area (Å²) >= 11 is -0.0225. The highest BCUT2D eigenvalue weighted by atomic mass is 32.2. The minimum atomic E-state index is -4.74. The normalized spacial score (nSPS) is 12.4. The third kappa shape index (κ3) is 6.65. The fourth-order valence-electron chi connectivity index (χ4n) is 3.55. The summed E-state index contributed by atoms with van der Waals surface area (Å²) in [6.07, 6.45) is 0. The van der Waals surface area contributed by atoms with Gasteiger partial charge in [-0.15, -0.1) is 15.3 Å². The van der Waals surface area contributed by atoms with E-state index in [1.54, 1.807) is 0 Å². The Kier molecular flexibility index (Phi) is 8.33. The lowest BCUT2D eigenvalue weighted by atomic mass is 10.1. The number of carboxylic acid groups (broad SMARTS) is 1. The van der Waals surface area contributed by atoms with Crippen molar-refractivity contribution in [2.24, 2.45) is 20.5 Å². The first kappa shape index (κ1) is 29.5. The molecular weight excluding hydrogens is 604 g/mol. The maximum atomic E-state index is 11.9. The van der Waals surface area contributed by atoms with E-state index in [9.17, 15) is 40.9 Å². The van der Waals surface area contributed by atoms with Crippen molar-refractivity contribution in [3.63, 3.8) is 0 Å². The molecule has 0 aromatic heterocycles. The molecule has 0 aliphatic carbocycles. The molecule has 0 aliphatic heterocycles. The summed E-state index contributed by atoms with van der Waals surface area (Å²) in [5.74, 6) is -1.99. The molecule has 0 bridgehead atoms. The Hall–Kier alpha value is -4.46. The number of nitrogens with zero attached hydrogens (tertiary/aromatic N) is 4. The van der Waals surface area contributed by atoms with Gasteiger partial charge in [-0.2, -0.15) is 21.9 Å². The van der Waals surface area contributed by atoms with Gasteiger partial charge >= 0.3 is 5.97 Å². The van der Waals surface area contributed by atoms with Crippen LogP contribution < -0.4 is 4.18 Å². The second-order valence-electron chi connectivity index (χ2n) is 7.93. The van der Waals surface area contributed by atoms with Crippen LogP contribution in [0.2, 0.25) is 0 Å². The topological polar surface area (TPSA) is 245 Å². The molecule has 0 radical (unpaired) electrons. The molecule has 41 heavy (non-hydrogen) atoms. The van der Waals surface area contributed by atoms with Crippen LogP contribution in [0.1, 0.15) is 10.4 Å². The Morgan fingerprint density at radius 3 is 2.00 bits per heavy atom. The molecule has 0 unspecified atom stereocenters. The average Bonchev–Trinajstić information content (AvgIpc) is 2.90. The predicted molar refractivity (Wildman–Crippen MR) is 144 cm³/mol.